The molecule has 0 saturated carbocycles. The van der Waals surface area contributed by atoms with Crippen molar-refractivity contribution in [3.63, 3.8) is 0 Å². The lowest BCUT2D eigenvalue weighted by Gasteiger charge is -2.09. The van der Waals surface area contributed by atoms with E-state index in [4.69, 9.17) is 15.7 Å². The highest BCUT2D eigenvalue weighted by Gasteiger charge is 2.07. The van der Waals surface area contributed by atoms with Gasteiger partial charge in [0, 0.05) is 11.1 Å². The van der Waals surface area contributed by atoms with Crippen molar-refractivity contribution in [1.29, 1.82) is 0 Å². The molecule has 0 saturated heterocycles. The van der Waals surface area contributed by atoms with Gasteiger partial charge in [0.25, 0.3) is 0 Å². The molecule has 0 bridgehead atoms. The number of hydrogen-bond donors (Lipinski definition) is 2. The molecule has 0 spiro atoms. The molecule has 4 nitrogen and oxygen atoms in total. The topological polar surface area (TPSA) is 67.8 Å². The van der Waals surface area contributed by atoms with Gasteiger partial charge in [0.1, 0.15) is 5.82 Å². The van der Waals surface area contributed by atoms with E-state index in [1.165, 1.54) is 6.07 Å². The van der Waals surface area contributed by atoms with Crippen LogP contribution in [0.15, 0.2) is 23.4 Å². The molecule has 1 aromatic carbocycles. The maximum absolute atomic E-state index is 13.5. The van der Waals surface area contributed by atoms with Crippen LogP contribution in [-0.2, 0) is 11.3 Å². The van der Waals surface area contributed by atoms with Crippen LogP contribution in [-0.4, -0.2) is 17.1 Å². The molecule has 88 valence electrons. The number of amidine groups is 1. The minimum atomic E-state index is -0.426. The predicted molar refractivity (Wildman–Crippen MR) is 58.8 cm³/mol. The van der Waals surface area contributed by atoms with Gasteiger partial charge in [0.15, 0.2) is 5.84 Å². The third kappa shape index (κ3) is 3.20. The third-order valence-corrected chi connectivity index (χ3v) is 2.03. The Bertz CT molecular complexity index is 392. The second-order valence-electron chi connectivity index (χ2n) is 3.65. The number of benzene rings is 1. The fraction of sp³-hybridized carbons (Fsp3) is 0.364. The van der Waals surface area contributed by atoms with Gasteiger partial charge < -0.3 is 15.7 Å². The van der Waals surface area contributed by atoms with Crippen molar-refractivity contribution in [1.82, 2.24) is 0 Å². The second-order valence-corrected chi connectivity index (χ2v) is 3.65. The summed E-state index contributed by atoms with van der Waals surface area (Å²) in [5, 5.41) is 11.2. The Morgan fingerprint density at radius 2 is 2.25 bits per heavy atom. The minimum absolute atomic E-state index is 0.0446. The van der Waals surface area contributed by atoms with Gasteiger partial charge in [-0.15, -0.1) is 0 Å². The van der Waals surface area contributed by atoms with Crippen LogP contribution in [0.3, 0.4) is 0 Å². The summed E-state index contributed by atoms with van der Waals surface area (Å²) in [6.45, 7) is 3.96. The Hall–Kier alpha value is -1.62. The lowest BCUT2D eigenvalue weighted by atomic mass is 10.1. The van der Waals surface area contributed by atoms with Crippen LogP contribution in [0.5, 0.6) is 0 Å². The summed E-state index contributed by atoms with van der Waals surface area (Å²) in [5.74, 6) is -0.542. The van der Waals surface area contributed by atoms with Gasteiger partial charge in [-0.2, -0.15) is 0 Å². The highest BCUT2D eigenvalue weighted by molar-refractivity contribution is 5.97. The molecule has 1 rings (SSSR count). The summed E-state index contributed by atoms with van der Waals surface area (Å²) < 4.78 is 18.8. The van der Waals surface area contributed by atoms with Crippen molar-refractivity contribution >= 4 is 5.84 Å². The number of halogens is 1. The lowest BCUT2D eigenvalue weighted by molar-refractivity contribution is 0.0639. The highest BCUT2D eigenvalue weighted by atomic mass is 19.1. The lowest BCUT2D eigenvalue weighted by Crippen LogP contribution is -2.14. The van der Waals surface area contributed by atoms with Crippen molar-refractivity contribution in [2.24, 2.45) is 10.9 Å². The molecule has 0 aliphatic carbocycles. The van der Waals surface area contributed by atoms with E-state index in [1.54, 1.807) is 12.1 Å². The van der Waals surface area contributed by atoms with Gasteiger partial charge in [-0.25, -0.2) is 4.39 Å². The van der Waals surface area contributed by atoms with Gasteiger partial charge >= 0.3 is 0 Å². The van der Waals surface area contributed by atoms with E-state index in [2.05, 4.69) is 5.16 Å². The Morgan fingerprint density at radius 1 is 1.56 bits per heavy atom. The molecule has 0 fully saturated rings. The second kappa shape index (κ2) is 5.46. The van der Waals surface area contributed by atoms with Crippen LogP contribution in [0.25, 0.3) is 0 Å². The Morgan fingerprint density at radius 3 is 2.75 bits per heavy atom. The van der Waals surface area contributed by atoms with Gasteiger partial charge in [-0.1, -0.05) is 17.3 Å². The highest BCUT2D eigenvalue weighted by Crippen LogP contribution is 2.12. The van der Waals surface area contributed by atoms with E-state index in [1.807, 2.05) is 13.8 Å². The molecule has 0 atom stereocenters. The zero-order valence-electron chi connectivity index (χ0n) is 9.27. The quantitative estimate of drug-likeness (QED) is 0.356. The molecule has 0 amide bonds. The average Bonchev–Trinajstić information content (AvgIpc) is 2.26. The molecule has 3 N–H and O–H groups in total. The van der Waals surface area contributed by atoms with E-state index >= 15 is 0 Å². The van der Waals surface area contributed by atoms with Crippen molar-refractivity contribution in [3.8, 4) is 0 Å². The molecule has 1 aromatic rings. The van der Waals surface area contributed by atoms with E-state index in [0.717, 1.165) is 0 Å². The molecule has 5 heteroatoms. The van der Waals surface area contributed by atoms with Crippen molar-refractivity contribution in [2.75, 3.05) is 0 Å². The molecule has 0 radical (unpaired) electrons. The van der Waals surface area contributed by atoms with Gasteiger partial charge in [-0.3, -0.25) is 0 Å². The van der Waals surface area contributed by atoms with Crippen molar-refractivity contribution in [2.45, 2.75) is 26.6 Å². The first-order valence-corrected chi connectivity index (χ1v) is 4.92. The van der Waals surface area contributed by atoms with Crippen LogP contribution >= 0.6 is 0 Å². The monoisotopic (exact) mass is 226 g/mol. The fourth-order valence-corrected chi connectivity index (χ4v) is 1.14. The molecule has 0 heterocycles. The summed E-state index contributed by atoms with van der Waals surface area (Å²) in [6.07, 6.45) is 0.0446. The molecule has 0 aromatic heterocycles. The zero-order chi connectivity index (χ0) is 12.1. The average molecular weight is 226 g/mol. The largest absolute Gasteiger partial charge is 0.409 e. The Labute approximate surface area is 93.5 Å². The summed E-state index contributed by atoms with van der Waals surface area (Å²) in [5.41, 5.74) is 6.13. The maximum atomic E-state index is 13.5. The Kier molecular flexibility index (Phi) is 4.25. The molecule has 16 heavy (non-hydrogen) atoms. The summed E-state index contributed by atoms with van der Waals surface area (Å²) >= 11 is 0. The van der Waals surface area contributed by atoms with Crippen molar-refractivity contribution < 1.29 is 14.3 Å². The number of rotatable bonds is 4. The smallest absolute Gasteiger partial charge is 0.170 e. The number of nitrogens with zero attached hydrogens (tertiary/aromatic N) is 1. The number of oxime groups is 1. The predicted octanol–water partition coefficient (Wildman–Crippen LogP) is 1.85. The summed E-state index contributed by atoms with van der Waals surface area (Å²) in [6, 6.07) is 4.36. The normalized spacial score (nSPS) is 12.1. The van der Waals surface area contributed by atoms with Crippen LogP contribution < -0.4 is 5.73 Å². The molecular formula is C11H15FN2O2. The van der Waals surface area contributed by atoms with E-state index < -0.39 is 5.82 Å². The summed E-state index contributed by atoms with van der Waals surface area (Å²) in [7, 11) is 0. The van der Waals surface area contributed by atoms with Gasteiger partial charge in [0.2, 0.25) is 0 Å². The van der Waals surface area contributed by atoms with Gasteiger partial charge in [-0.05, 0) is 19.9 Å². The number of ether oxygens (including phenoxy) is 1. The molecular weight excluding hydrogens is 211 g/mol. The van der Waals surface area contributed by atoms with Gasteiger partial charge in [0.05, 0.1) is 12.7 Å². The number of nitrogens with two attached hydrogens (primary N) is 1. The minimum Gasteiger partial charge on any atom is -0.409 e. The fourth-order valence-electron chi connectivity index (χ4n) is 1.14. The van der Waals surface area contributed by atoms with Crippen LogP contribution in [0, 0.1) is 5.82 Å². The van der Waals surface area contributed by atoms with Crippen LogP contribution in [0.4, 0.5) is 4.39 Å². The van der Waals surface area contributed by atoms with Crippen LogP contribution in [0.1, 0.15) is 25.0 Å². The first-order valence-electron chi connectivity index (χ1n) is 4.92. The molecule has 0 aliphatic rings. The summed E-state index contributed by atoms with van der Waals surface area (Å²) in [4.78, 5) is 0. The van der Waals surface area contributed by atoms with E-state index in [0.29, 0.717) is 11.1 Å². The first kappa shape index (κ1) is 12.4. The van der Waals surface area contributed by atoms with Crippen molar-refractivity contribution in [3.05, 3.63) is 35.1 Å². The molecule has 0 unspecified atom stereocenters. The van der Waals surface area contributed by atoms with E-state index in [-0.39, 0.29) is 18.5 Å². The Balaban J connectivity index is 2.83. The molecule has 0 aliphatic heterocycles. The standard InChI is InChI=1S/C11H15FN2O2/c1-7(2)16-6-9-4-3-8(5-10(9)12)11(13)14-15/h3-5,7,15H,6H2,1-2H3,(H2,13,14). The first-order chi connectivity index (χ1) is 7.54. The van der Waals surface area contributed by atoms with Crippen LogP contribution in [0.2, 0.25) is 0 Å². The number of hydrogen-bond acceptors (Lipinski definition) is 3. The SMILES string of the molecule is CC(C)OCc1ccc(/C(N)=N/O)cc1F. The third-order valence-electron chi connectivity index (χ3n) is 2.03. The van der Waals surface area contributed by atoms with E-state index in [9.17, 15) is 4.39 Å². The zero-order valence-corrected chi connectivity index (χ0v) is 9.27. The maximum Gasteiger partial charge on any atom is 0.170 e.